The lowest BCUT2D eigenvalue weighted by molar-refractivity contribution is 0.104. The van der Waals surface area contributed by atoms with Gasteiger partial charge in [0.2, 0.25) is 0 Å². The van der Waals surface area contributed by atoms with E-state index in [2.05, 4.69) is 10.2 Å². The lowest BCUT2D eigenvalue weighted by Gasteiger charge is -2.06. The average molecular weight is 217 g/mol. The number of ether oxygens (including phenoxy) is 1. The Bertz CT molecular complexity index is 529. The predicted molar refractivity (Wildman–Crippen MR) is 56.3 cm³/mol. The summed E-state index contributed by atoms with van der Waals surface area (Å²) in [4.78, 5) is 10.7. The van der Waals surface area contributed by atoms with Crippen LogP contribution in [0.3, 0.4) is 0 Å². The fraction of sp³-hybridized carbons (Fsp3) is 0.364. The van der Waals surface area contributed by atoms with E-state index < -0.39 is 0 Å². The molecule has 2 aromatic heterocycles. The maximum absolute atomic E-state index is 10.7. The summed E-state index contributed by atoms with van der Waals surface area (Å²) in [5, 5.41) is 8.18. The Labute approximate surface area is 92.1 Å². The van der Waals surface area contributed by atoms with Crippen LogP contribution in [0.4, 0.5) is 0 Å². The molecule has 0 amide bonds. The smallest absolute Gasteiger partial charge is 0.166 e. The van der Waals surface area contributed by atoms with Crippen molar-refractivity contribution in [3.63, 3.8) is 0 Å². The van der Waals surface area contributed by atoms with Gasteiger partial charge in [0, 0.05) is 18.4 Å². The summed E-state index contributed by atoms with van der Waals surface area (Å²) in [6.45, 7) is 0.771. The summed E-state index contributed by atoms with van der Waals surface area (Å²) in [6, 6.07) is 3.52. The van der Waals surface area contributed by atoms with Gasteiger partial charge in [-0.1, -0.05) is 0 Å². The Morgan fingerprint density at radius 3 is 3.12 bits per heavy atom. The first-order valence-corrected chi connectivity index (χ1v) is 5.30. The molecule has 0 aromatic carbocycles. The maximum atomic E-state index is 10.7. The van der Waals surface area contributed by atoms with Crippen molar-refractivity contribution in [2.24, 2.45) is 0 Å². The maximum Gasteiger partial charge on any atom is 0.166 e. The van der Waals surface area contributed by atoms with Crippen molar-refractivity contribution >= 4 is 11.9 Å². The molecule has 16 heavy (non-hydrogen) atoms. The van der Waals surface area contributed by atoms with Crippen LogP contribution in [-0.4, -0.2) is 27.5 Å². The molecule has 2 aromatic rings. The molecule has 0 spiro atoms. The molecule has 3 rings (SSSR count). The fourth-order valence-corrected chi connectivity index (χ4v) is 2.00. The minimum atomic E-state index is 0.0110. The molecule has 1 unspecified atom stereocenters. The van der Waals surface area contributed by atoms with Gasteiger partial charge in [0.15, 0.2) is 17.8 Å². The van der Waals surface area contributed by atoms with E-state index in [1.165, 1.54) is 0 Å². The highest BCUT2D eigenvalue weighted by atomic mass is 16.5. The number of aldehydes is 1. The largest absolute Gasteiger partial charge is 0.370 e. The number of nitrogens with zero attached hydrogens (tertiary/aromatic N) is 3. The summed E-state index contributed by atoms with van der Waals surface area (Å²) in [5.74, 6) is 0.788. The van der Waals surface area contributed by atoms with Crippen molar-refractivity contribution in [1.82, 2.24) is 14.6 Å². The molecule has 0 radical (unpaired) electrons. The molecule has 3 heterocycles. The fourth-order valence-electron chi connectivity index (χ4n) is 2.00. The van der Waals surface area contributed by atoms with E-state index in [9.17, 15) is 4.79 Å². The highest BCUT2D eigenvalue weighted by Gasteiger charge is 2.22. The van der Waals surface area contributed by atoms with Crippen LogP contribution in [-0.2, 0) is 4.74 Å². The Morgan fingerprint density at radius 2 is 2.38 bits per heavy atom. The third kappa shape index (κ3) is 1.40. The van der Waals surface area contributed by atoms with Gasteiger partial charge in [0.1, 0.15) is 6.10 Å². The van der Waals surface area contributed by atoms with Gasteiger partial charge < -0.3 is 4.74 Å². The molecule has 1 fully saturated rings. The molecule has 5 nitrogen and oxygen atoms in total. The summed E-state index contributed by atoms with van der Waals surface area (Å²) in [6.07, 6.45) is 4.59. The minimum absolute atomic E-state index is 0.0110. The molecule has 1 saturated heterocycles. The van der Waals surface area contributed by atoms with E-state index in [0.717, 1.165) is 37.2 Å². The van der Waals surface area contributed by atoms with Crippen LogP contribution in [0.2, 0.25) is 0 Å². The highest BCUT2D eigenvalue weighted by Crippen LogP contribution is 2.27. The zero-order valence-electron chi connectivity index (χ0n) is 8.67. The van der Waals surface area contributed by atoms with Gasteiger partial charge in [0.25, 0.3) is 0 Å². The van der Waals surface area contributed by atoms with Crippen LogP contribution >= 0.6 is 0 Å². The van der Waals surface area contributed by atoms with Crippen molar-refractivity contribution in [2.45, 2.75) is 18.9 Å². The number of rotatable bonds is 2. The second kappa shape index (κ2) is 3.68. The third-order valence-electron chi connectivity index (χ3n) is 2.81. The van der Waals surface area contributed by atoms with Gasteiger partial charge in [-0.2, -0.15) is 0 Å². The van der Waals surface area contributed by atoms with E-state index >= 15 is 0 Å². The molecule has 5 heteroatoms. The van der Waals surface area contributed by atoms with Gasteiger partial charge in [-0.3, -0.25) is 9.20 Å². The summed E-state index contributed by atoms with van der Waals surface area (Å²) < 4.78 is 7.40. The van der Waals surface area contributed by atoms with Crippen molar-refractivity contribution in [2.75, 3.05) is 6.61 Å². The van der Waals surface area contributed by atoms with Crippen molar-refractivity contribution in [3.05, 3.63) is 29.7 Å². The van der Waals surface area contributed by atoms with E-state index in [1.54, 1.807) is 18.3 Å². The Hall–Kier alpha value is -1.75. The number of carbonyl (C=O) groups excluding carboxylic acids is 1. The average Bonchev–Trinajstić information content (AvgIpc) is 2.96. The SMILES string of the molecule is O=Cc1ccc2nnc(C3CCCO3)n2c1. The van der Waals surface area contributed by atoms with E-state index in [0.29, 0.717) is 5.56 Å². The molecule has 0 N–H and O–H groups in total. The van der Waals surface area contributed by atoms with E-state index in [4.69, 9.17) is 4.74 Å². The second-order valence-electron chi connectivity index (χ2n) is 3.87. The van der Waals surface area contributed by atoms with Crippen LogP contribution < -0.4 is 0 Å². The zero-order chi connectivity index (χ0) is 11.0. The van der Waals surface area contributed by atoms with Crippen molar-refractivity contribution in [1.29, 1.82) is 0 Å². The number of carbonyl (C=O) groups is 1. The highest BCUT2D eigenvalue weighted by molar-refractivity contribution is 5.74. The second-order valence-corrected chi connectivity index (χ2v) is 3.87. The van der Waals surface area contributed by atoms with Gasteiger partial charge in [-0.05, 0) is 25.0 Å². The number of hydrogen-bond acceptors (Lipinski definition) is 4. The first-order valence-electron chi connectivity index (χ1n) is 5.30. The zero-order valence-corrected chi connectivity index (χ0v) is 8.67. The molecule has 82 valence electrons. The molecular weight excluding hydrogens is 206 g/mol. The van der Waals surface area contributed by atoms with Crippen LogP contribution in [0, 0.1) is 0 Å². The molecule has 0 saturated carbocycles. The molecule has 1 atom stereocenters. The van der Waals surface area contributed by atoms with Crippen molar-refractivity contribution in [3.8, 4) is 0 Å². The Morgan fingerprint density at radius 1 is 1.44 bits per heavy atom. The predicted octanol–water partition coefficient (Wildman–Crippen LogP) is 1.39. The van der Waals surface area contributed by atoms with Crippen LogP contribution in [0.15, 0.2) is 18.3 Å². The summed E-state index contributed by atoms with van der Waals surface area (Å²) in [5.41, 5.74) is 1.36. The van der Waals surface area contributed by atoms with Crippen LogP contribution in [0.25, 0.3) is 5.65 Å². The molecular formula is C11H11N3O2. The van der Waals surface area contributed by atoms with Gasteiger partial charge in [-0.15, -0.1) is 10.2 Å². The van der Waals surface area contributed by atoms with Gasteiger partial charge in [0.05, 0.1) is 0 Å². The van der Waals surface area contributed by atoms with Crippen LogP contribution in [0.1, 0.15) is 35.1 Å². The van der Waals surface area contributed by atoms with Crippen LogP contribution in [0.5, 0.6) is 0 Å². The first kappa shape index (κ1) is 9.47. The Kier molecular flexibility index (Phi) is 2.18. The summed E-state index contributed by atoms with van der Waals surface area (Å²) in [7, 11) is 0. The number of pyridine rings is 1. The number of fused-ring (bicyclic) bond motifs is 1. The van der Waals surface area contributed by atoms with E-state index in [-0.39, 0.29) is 6.10 Å². The van der Waals surface area contributed by atoms with Gasteiger partial charge >= 0.3 is 0 Å². The Balaban J connectivity index is 2.13. The lowest BCUT2D eigenvalue weighted by atomic mass is 10.2. The normalized spacial score (nSPS) is 20.4. The molecule has 0 bridgehead atoms. The molecule has 1 aliphatic heterocycles. The topological polar surface area (TPSA) is 56.5 Å². The monoisotopic (exact) mass is 217 g/mol. The quantitative estimate of drug-likeness (QED) is 0.713. The third-order valence-corrected chi connectivity index (χ3v) is 2.81. The summed E-state index contributed by atoms with van der Waals surface area (Å²) >= 11 is 0. The minimum Gasteiger partial charge on any atom is -0.370 e. The molecule has 0 aliphatic carbocycles. The lowest BCUT2D eigenvalue weighted by Crippen LogP contribution is -2.03. The van der Waals surface area contributed by atoms with E-state index in [1.807, 2.05) is 4.40 Å². The number of hydrogen-bond donors (Lipinski definition) is 0. The standard InChI is InChI=1S/C11H11N3O2/c15-7-8-3-4-10-12-13-11(14(10)6-8)9-2-1-5-16-9/h3-4,6-7,9H,1-2,5H2. The first-order chi connectivity index (χ1) is 7.88. The number of aromatic nitrogens is 3. The van der Waals surface area contributed by atoms with Gasteiger partial charge in [-0.25, -0.2) is 0 Å². The van der Waals surface area contributed by atoms with Crippen molar-refractivity contribution < 1.29 is 9.53 Å². The molecule has 1 aliphatic rings.